The zero-order chi connectivity index (χ0) is 13.8. The van der Waals surface area contributed by atoms with Crippen LogP contribution in [0.2, 0.25) is 0 Å². The van der Waals surface area contributed by atoms with Gasteiger partial charge in [0, 0.05) is 24.4 Å². The molecule has 7 nitrogen and oxygen atoms in total. The molecular formula is C11H13N5O2S. The smallest absolute Gasteiger partial charge is 0.311 e. The predicted molar refractivity (Wildman–Crippen MR) is 74.3 cm³/mol. The fourth-order valence-electron chi connectivity index (χ4n) is 1.56. The Balaban J connectivity index is 1.93. The first-order valence-corrected chi connectivity index (χ1v) is 6.50. The molecule has 2 heterocycles. The van der Waals surface area contributed by atoms with Gasteiger partial charge in [-0.1, -0.05) is 0 Å². The van der Waals surface area contributed by atoms with Crippen LogP contribution in [0.1, 0.15) is 10.7 Å². The van der Waals surface area contributed by atoms with E-state index in [-0.39, 0.29) is 11.5 Å². The molecular weight excluding hydrogens is 266 g/mol. The third-order valence-electron chi connectivity index (χ3n) is 2.45. The van der Waals surface area contributed by atoms with Crippen molar-refractivity contribution in [3.8, 4) is 0 Å². The molecule has 0 saturated heterocycles. The number of nitrogen functional groups attached to an aromatic ring is 1. The van der Waals surface area contributed by atoms with Gasteiger partial charge in [-0.15, -0.1) is 11.3 Å². The Morgan fingerprint density at radius 1 is 1.47 bits per heavy atom. The molecule has 0 spiro atoms. The molecule has 0 bridgehead atoms. The standard InChI is InChI=1S/C11H13N5O2S/c1-7-14-8(6-19-7)4-5-13-10-3-2-9(16(17)18)11(12)15-10/h2-3,6H,4-5H2,1H3,(H3,12,13,15). The average Bonchev–Trinajstić information content (AvgIpc) is 2.75. The molecule has 0 radical (unpaired) electrons. The number of aromatic nitrogens is 2. The van der Waals surface area contributed by atoms with Gasteiger partial charge in [0.15, 0.2) is 0 Å². The van der Waals surface area contributed by atoms with Gasteiger partial charge < -0.3 is 11.1 Å². The lowest BCUT2D eigenvalue weighted by atomic mass is 10.3. The molecule has 3 N–H and O–H groups in total. The highest BCUT2D eigenvalue weighted by Crippen LogP contribution is 2.20. The van der Waals surface area contributed by atoms with Crippen molar-refractivity contribution >= 4 is 28.7 Å². The maximum Gasteiger partial charge on any atom is 0.311 e. The first-order valence-electron chi connectivity index (χ1n) is 5.62. The van der Waals surface area contributed by atoms with E-state index in [2.05, 4.69) is 15.3 Å². The minimum atomic E-state index is -0.551. The van der Waals surface area contributed by atoms with Gasteiger partial charge in [0.2, 0.25) is 5.82 Å². The van der Waals surface area contributed by atoms with E-state index in [1.807, 2.05) is 12.3 Å². The number of nitro groups is 1. The van der Waals surface area contributed by atoms with Gasteiger partial charge >= 0.3 is 5.69 Å². The van der Waals surface area contributed by atoms with E-state index in [4.69, 9.17) is 5.73 Å². The highest BCUT2D eigenvalue weighted by molar-refractivity contribution is 7.09. The lowest BCUT2D eigenvalue weighted by Crippen LogP contribution is -2.08. The number of anilines is 2. The Labute approximate surface area is 113 Å². The molecule has 2 aromatic rings. The average molecular weight is 279 g/mol. The van der Waals surface area contributed by atoms with E-state index in [9.17, 15) is 10.1 Å². The van der Waals surface area contributed by atoms with E-state index in [1.54, 1.807) is 17.4 Å². The van der Waals surface area contributed by atoms with Crippen molar-refractivity contribution in [1.82, 2.24) is 9.97 Å². The fraction of sp³-hybridized carbons (Fsp3) is 0.273. The van der Waals surface area contributed by atoms with Crippen molar-refractivity contribution < 1.29 is 4.92 Å². The first kappa shape index (κ1) is 13.2. The lowest BCUT2D eigenvalue weighted by Gasteiger charge is -2.05. The summed E-state index contributed by atoms with van der Waals surface area (Å²) in [5.41, 5.74) is 6.34. The zero-order valence-electron chi connectivity index (χ0n) is 10.3. The number of hydrogen-bond acceptors (Lipinski definition) is 7. The Morgan fingerprint density at radius 3 is 2.84 bits per heavy atom. The van der Waals surface area contributed by atoms with Crippen LogP contribution >= 0.6 is 11.3 Å². The molecule has 2 aromatic heterocycles. The van der Waals surface area contributed by atoms with Crippen molar-refractivity contribution in [1.29, 1.82) is 0 Å². The molecule has 19 heavy (non-hydrogen) atoms. The predicted octanol–water partition coefficient (Wildman–Crippen LogP) is 1.99. The summed E-state index contributed by atoms with van der Waals surface area (Å²) in [5.74, 6) is 0.439. The minimum Gasteiger partial charge on any atom is -0.378 e. The van der Waals surface area contributed by atoms with Gasteiger partial charge in [-0.2, -0.15) is 0 Å². The molecule has 0 fully saturated rings. The lowest BCUT2D eigenvalue weighted by molar-refractivity contribution is -0.384. The quantitative estimate of drug-likeness (QED) is 0.640. The van der Waals surface area contributed by atoms with Gasteiger partial charge in [0.1, 0.15) is 5.82 Å². The monoisotopic (exact) mass is 279 g/mol. The zero-order valence-corrected chi connectivity index (χ0v) is 11.1. The van der Waals surface area contributed by atoms with E-state index < -0.39 is 4.92 Å². The molecule has 8 heteroatoms. The van der Waals surface area contributed by atoms with Crippen LogP contribution in [0.5, 0.6) is 0 Å². The van der Waals surface area contributed by atoms with Gasteiger partial charge in [-0.25, -0.2) is 9.97 Å². The van der Waals surface area contributed by atoms with Crippen LogP contribution in [0, 0.1) is 17.0 Å². The van der Waals surface area contributed by atoms with Crippen molar-refractivity contribution in [3.05, 3.63) is 38.3 Å². The molecule has 0 saturated carbocycles. The number of nitrogens with zero attached hydrogens (tertiary/aromatic N) is 3. The third-order valence-corrected chi connectivity index (χ3v) is 3.28. The van der Waals surface area contributed by atoms with Crippen LogP contribution in [-0.2, 0) is 6.42 Å². The second-order valence-corrected chi connectivity index (χ2v) is 4.95. The molecule has 2 rings (SSSR count). The molecule has 0 aliphatic rings. The summed E-state index contributed by atoms with van der Waals surface area (Å²) in [5, 5.41) is 16.7. The number of nitrogens with two attached hydrogens (primary N) is 1. The number of pyridine rings is 1. The highest BCUT2D eigenvalue weighted by atomic mass is 32.1. The Morgan fingerprint density at radius 2 is 2.26 bits per heavy atom. The minimum absolute atomic E-state index is 0.0838. The molecule has 0 aliphatic carbocycles. The number of thiazole rings is 1. The molecule has 0 amide bonds. The van der Waals surface area contributed by atoms with Gasteiger partial charge in [0.25, 0.3) is 0 Å². The van der Waals surface area contributed by atoms with Crippen molar-refractivity contribution in [2.45, 2.75) is 13.3 Å². The topological polar surface area (TPSA) is 107 Å². The van der Waals surface area contributed by atoms with E-state index in [0.717, 1.165) is 17.1 Å². The maximum absolute atomic E-state index is 10.6. The molecule has 0 aliphatic heterocycles. The molecule has 0 aromatic carbocycles. The van der Waals surface area contributed by atoms with E-state index in [0.29, 0.717) is 12.4 Å². The maximum atomic E-state index is 10.6. The second kappa shape index (κ2) is 5.61. The van der Waals surface area contributed by atoms with E-state index in [1.165, 1.54) is 6.07 Å². The van der Waals surface area contributed by atoms with E-state index >= 15 is 0 Å². The normalized spacial score (nSPS) is 10.4. The molecule has 100 valence electrons. The largest absolute Gasteiger partial charge is 0.378 e. The van der Waals surface area contributed by atoms with Crippen molar-refractivity contribution in [3.63, 3.8) is 0 Å². The SMILES string of the molecule is Cc1nc(CCNc2ccc([N+](=O)[O-])c(N)n2)cs1. The molecule has 0 atom stereocenters. The number of hydrogen-bond donors (Lipinski definition) is 2. The Hall–Kier alpha value is -2.22. The Kier molecular flexibility index (Phi) is 3.91. The summed E-state index contributed by atoms with van der Waals surface area (Å²) in [7, 11) is 0. The summed E-state index contributed by atoms with van der Waals surface area (Å²) >= 11 is 1.61. The van der Waals surface area contributed by atoms with Crippen molar-refractivity contribution in [2.24, 2.45) is 0 Å². The summed E-state index contributed by atoms with van der Waals surface area (Å²) in [4.78, 5) is 18.3. The van der Waals surface area contributed by atoms with Crippen LogP contribution < -0.4 is 11.1 Å². The summed E-state index contributed by atoms with van der Waals surface area (Å²) in [6.45, 7) is 2.60. The summed E-state index contributed by atoms with van der Waals surface area (Å²) < 4.78 is 0. The Bertz CT molecular complexity index is 599. The van der Waals surface area contributed by atoms with Crippen LogP contribution in [-0.4, -0.2) is 21.4 Å². The fourth-order valence-corrected chi connectivity index (χ4v) is 2.21. The summed E-state index contributed by atoms with van der Waals surface area (Å²) in [6.07, 6.45) is 0.767. The van der Waals surface area contributed by atoms with Gasteiger partial charge in [-0.05, 0) is 13.0 Å². The van der Waals surface area contributed by atoms with Crippen molar-refractivity contribution in [2.75, 3.05) is 17.6 Å². The number of nitrogens with one attached hydrogen (secondary N) is 1. The third kappa shape index (κ3) is 3.38. The highest BCUT2D eigenvalue weighted by Gasteiger charge is 2.12. The van der Waals surface area contributed by atoms with Gasteiger partial charge in [-0.3, -0.25) is 10.1 Å². The van der Waals surface area contributed by atoms with Crippen LogP contribution in [0.3, 0.4) is 0 Å². The first-order chi connectivity index (χ1) is 9.06. The second-order valence-electron chi connectivity index (χ2n) is 3.89. The number of aryl methyl sites for hydroxylation is 1. The van der Waals surface area contributed by atoms with Crippen LogP contribution in [0.25, 0.3) is 0 Å². The van der Waals surface area contributed by atoms with Crippen LogP contribution in [0.4, 0.5) is 17.3 Å². The number of rotatable bonds is 5. The van der Waals surface area contributed by atoms with Gasteiger partial charge in [0.05, 0.1) is 15.6 Å². The molecule has 0 unspecified atom stereocenters. The summed E-state index contributed by atoms with van der Waals surface area (Å²) in [6, 6.07) is 2.89. The van der Waals surface area contributed by atoms with Crippen LogP contribution in [0.15, 0.2) is 17.5 Å².